The van der Waals surface area contributed by atoms with Crippen LogP contribution in [0.25, 0.3) is 52.9 Å². The molecule has 236 valence electrons. The molecule has 10 rings (SSSR count). The van der Waals surface area contributed by atoms with Crippen molar-refractivity contribution in [2.24, 2.45) is 0 Å². The third kappa shape index (κ3) is 4.73. The van der Waals surface area contributed by atoms with Crippen LogP contribution in [0.3, 0.4) is 0 Å². The predicted octanol–water partition coefficient (Wildman–Crippen LogP) is 14.0. The fourth-order valence-corrected chi connectivity index (χ4v) is 8.44. The Bertz CT molecular complexity index is 2790. The van der Waals surface area contributed by atoms with Gasteiger partial charge in [-0.15, -0.1) is 11.3 Å². The van der Waals surface area contributed by atoms with E-state index in [1.807, 2.05) is 23.5 Å². The first-order chi connectivity index (χ1) is 24.8. The minimum absolute atomic E-state index is 0.880. The van der Waals surface area contributed by atoms with Gasteiger partial charge in [-0.1, -0.05) is 97.1 Å². The zero-order valence-corrected chi connectivity index (χ0v) is 27.8. The maximum absolute atomic E-state index is 6.38. The van der Waals surface area contributed by atoms with Crippen LogP contribution in [0.15, 0.2) is 186 Å². The zero-order valence-electron chi connectivity index (χ0n) is 27.0. The predicted molar refractivity (Wildman–Crippen MR) is 213 cm³/mol. The van der Waals surface area contributed by atoms with E-state index in [0.717, 1.165) is 56.1 Å². The lowest BCUT2D eigenvalue weighted by atomic mass is 10.1. The Balaban J connectivity index is 1.14. The molecule has 50 heavy (non-hydrogen) atoms. The Hall–Kier alpha value is -6.36. The SMILES string of the molecule is c1ccc(N(c2ccccc2)c2ccc3sc4cc(N(c5ccc6c(c5)oc5ccccc56)c5cccc6ccccc56)ccc4c3c2)cc1. The summed E-state index contributed by atoms with van der Waals surface area (Å²) in [5.74, 6) is 0. The maximum atomic E-state index is 6.38. The van der Waals surface area contributed by atoms with Gasteiger partial charge in [-0.05, 0) is 84.2 Å². The van der Waals surface area contributed by atoms with Gasteiger partial charge in [0.2, 0.25) is 0 Å². The smallest absolute Gasteiger partial charge is 0.137 e. The summed E-state index contributed by atoms with van der Waals surface area (Å²) in [4.78, 5) is 4.70. The summed E-state index contributed by atoms with van der Waals surface area (Å²) in [6.45, 7) is 0. The van der Waals surface area contributed by atoms with Crippen molar-refractivity contribution < 1.29 is 4.42 Å². The second-order valence-electron chi connectivity index (χ2n) is 12.6. The first kappa shape index (κ1) is 28.6. The molecule has 0 fully saturated rings. The van der Waals surface area contributed by atoms with Gasteiger partial charge in [0.15, 0.2) is 0 Å². The number of fused-ring (bicyclic) bond motifs is 7. The Morgan fingerprint density at radius 2 is 0.940 bits per heavy atom. The van der Waals surface area contributed by atoms with Crippen LogP contribution in [0, 0.1) is 0 Å². The van der Waals surface area contributed by atoms with E-state index in [-0.39, 0.29) is 0 Å². The molecule has 0 saturated heterocycles. The van der Waals surface area contributed by atoms with Crippen molar-refractivity contribution in [1.82, 2.24) is 0 Å². The van der Waals surface area contributed by atoms with Crippen LogP contribution in [0.1, 0.15) is 0 Å². The highest BCUT2D eigenvalue weighted by Gasteiger charge is 2.20. The average Bonchev–Trinajstić information content (AvgIpc) is 3.73. The fraction of sp³-hybridized carbons (Fsp3) is 0. The van der Waals surface area contributed by atoms with Crippen molar-refractivity contribution in [3.05, 3.63) is 182 Å². The molecule has 0 unspecified atom stereocenters. The van der Waals surface area contributed by atoms with Crippen molar-refractivity contribution in [3.8, 4) is 0 Å². The third-order valence-electron chi connectivity index (χ3n) is 9.61. The van der Waals surface area contributed by atoms with Crippen molar-refractivity contribution in [1.29, 1.82) is 0 Å². The number of nitrogens with zero attached hydrogens (tertiary/aromatic N) is 2. The van der Waals surface area contributed by atoms with E-state index in [1.165, 1.54) is 30.9 Å². The van der Waals surface area contributed by atoms with Gasteiger partial charge in [0.05, 0.1) is 5.69 Å². The summed E-state index contributed by atoms with van der Waals surface area (Å²) in [7, 11) is 0. The molecule has 0 aliphatic rings. The number of hydrogen-bond acceptors (Lipinski definition) is 4. The maximum Gasteiger partial charge on any atom is 0.137 e. The molecule has 0 radical (unpaired) electrons. The number of rotatable bonds is 6. The number of furan rings is 1. The Morgan fingerprint density at radius 1 is 0.340 bits per heavy atom. The van der Waals surface area contributed by atoms with E-state index in [2.05, 4.69) is 180 Å². The van der Waals surface area contributed by atoms with Crippen LogP contribution in [-0.4, -0.2) is 0 Å². The normalized spacial score (nSPS) is 11.6. The standard InChI is InChI=1S/C46H30N2OS/c1-3-14-32(15-4-1)47(33-16-5-2-6-17-33)34-24-27-45-41(28-34)40-26-23-36(30-46(40)50-45)48(42-20-11-13-31-12-7-8-18-37(31)42)35-22-25-39-38-19-9-10-21-43(38)49-44(39)29-35/h1-30H. The molecular weight excluding hydrogens is 629 g/mol. The lowest BCUT2D eigenvalue weighted by molar-refractivity contribution is 0.669. The summed E-state index contributed by atoms with van der Waals surface area (Å²) in [6, 6.07) is 64.9. The van der Waals surface area contributed by atoms with Gasteiger partial charge < -0.3 is 14.2 Å². The minimum Gasteiger partial charge on any atom is -0.456 e. The summed E-state index contributed by atoms with van der Waals surface area (Å²) >= 11 is 1.84. The van der Waals surface area contributed by atoms with E-state index in [4.69, 9.17) is 4.42 Å². The van der Waals surface area contributed by atoms with Gasteiger partial charge in [-0.2, -0.15) is 0 Å². The van der Waals surface area contributed by atoms with E-state index >= 15 is 0 Å². The van der Waals surface area contributed by atoms with Gasteiger partial charge >= 0.3 is 0 Å². The lowest BCUT2D eigenvalue weighted by Gasteiger charge is -2.27. The van der Waals surface area contributed by atoms with Crippen molar-refractivity contribution in [3.63, 3.8) is 0 Å². The van der Waals surface area contributed by atoms with Crippen LogP contribution in [0.5, 0.6) is 0 Å². The van der Waals surface area contributed by atoms with Crippen LogP contribution in [0.4, 0.5) is 34.1 Å². The number of hydrogen-bond donors (Lipinski definition) is 0. The third-order valence-corrected chi connectivity index (χ3v) is 10.7. The van der Waals surface area contributed by atoms with Crippen molar-refractivity contribution >= 4 is 98.3 Å². The van der Waals surface area contributed by atoms with Gasteiger partial charge in [0.25, 0.3) is 0 Å². The van der Waals surface area contributed by atoms with E-state index in [0.29, 0.717) is 0 Å². The number of anilines is 6. The molecule has 3 nitrogen and oxygen atoms in total. The molecule has 0 atom stereocenters. The first-order valence-electron chi connectivity index (χ1n) is 16.8. The zero-order chi connectivity index (χ0) is 33.0. The molecule has 4 heteroatoms. The van der Waals surface area contributed by atoms with E-state index in [1.54, 1.807) is 0 Å². The number of para-hydroxylation sites is 3. The van der Waals surface area contributed by atoms with Crippen LogP contribution in [0.2, 0.25) is 0 Å². The molecule has 2 aromatic heterocycles. The Kier molecular flexibility index (Phi) is 6.68. The first-order valence-corrected chi connectivity index (χ1v) is 17.7. The van der Waals surface area contributed by atoms with Crippen LogP contribution < -0.4 is 9.80 Å². The average molecular weight is 659 g/mol. The van der Waals surface area contributed by atoms with E-state index < -0.39 is 0 Å². The Labute approximate surface area is 293 Å². The van der Waals surface area contributed by atoms with Gasteiger partial charge in [-0.25, -0.2) is 0 Å². The summed E-state index contributed by atoms with van der Waals surface area (Å²) in [5, 5.41) is 7.17. The lowest BCUT2D eigenvalue weighted by Crippen LogP contribution is -2.10. The molecule has 0 aliphatic carbocycles. The van der Waals surface area contributed by atoms with Crippen LogP contribution >= 0.6 is 11.3 Å². The number of benzene rings is 8. The second kappa shape index (κ2) is 11.7. The molecule has 10 aromatic rings. The molecule has 0 aliphatic heterocycles. The van der Waals surface area contributed by atoms with Crippen molar-refractivity contribution in [2.45, 2.75) is 0 Å². The molecule has 0 saturated carbocycles. The minimum atomic E-state index is 0.880. The molecular formula is C46H30N2OS. The van der Waals surface area contributed by atoms with Crippen molar-refractivity contribution in [2.75, 3.05) is 9.80 Å². The summed E-state index contributed by atoms with van der Waals surface area (Å²) in [5.41, 5.74) is 8.46. The highest BCUT2D eigenvalue weighted by Crippen LogP contribution is 2.45. The van der Waals surface area contributed by atoms with E-state index in [9.17, 15) is 0 Å². The molecule has 0 amide bonds. The Morgan fingerprint density at radius 3 is 1.74 bits per heavy atom. The van der Waals surface area contributed by atoms with Crippen LogP contribution in [-0.2, 0) is 0 Å². The molecule has 0 spiro atoms. The highest BCUT2D eigenvalue weighted by atomic mass is 32.1. The topological polar surface area (TPSA) is 19.6 Å². The van der Waals surface area contributed by atoms with Gasteiger partial charge in [0, 0.05) is 70.8 Å². The molecule has 8 aromatic carbocycles. The highest BCUT2D eigenvalue weighted by molar-refractivity contribution is 7.25. The quantitative estimate of drug-likeness (QED) is 0.177. The summed E-state index contributed by atoms with van der Waals surface area (Å²) < 4.78 is 8.89. The van der Waals surface area contributed by atoms with Gasteiger partial charge in [0.1, 0.15) is 11.2 Å². The monoisotopic (exact) mass is 658 g/mol. The summed E-state index contributed by atoms with van der Waals surface area (Å²) in [6.07, 6.45) is 0. The molecule has 2 heterocycles. The molecule has 0 N–H and O–H groups in total. The fourth-order valence-electron chi connectivity index (χ4n) is 7.32. The number of thiophene rings is 1. The molecule has 0 bridgehead atoms. The second-order valence-corrected chi connectivity index (χ2v) is 13.7. The van der Waals surface area contributed by atoms with Gasteiger partial charge in [-0.3, -0.25) is 0 Å². The largest absolute Gasteiger partial charge is 0.456 e.